The van der Waals surface area contributed by atoms with Gasteiger partial charge in [-0.2, -0.15) is 0 Å². The molecule has 0 spiro atoms. The summed E-state index contributed by atoms with van der Waals surface area (Å²) in [6.45, 7) is 3.74. The first-order valence-electron chi connectivity index (χ1n) is 5.14. The maximum atomic E-state index is 3.46. The first-order valence-corrected chi connectivity index (χ1v) is 5.14. The summed E-state index contributed by atoms with van der Waals surface area (Å²) in [5.74, 6) is 0.957. The van der Waals surface area contributed by atoms with Crippen LogP contribution < -0.4 is 5.32 Å². The number of nitrogens with one attached hydrogen (secondary N) is 1. The highest BCUT2D eigenvalue weighted by molar-refractivity contribution is 4.68. The van der Waals surface area contributed by atoms with Gasteiger partial charge in [-0.15, -0.1) is 0 Å². The van der Waals surface area contributed by atoms with Crippen LogP contribution in [0.1, 0.15) is 25.7 Å². The maximum absolute atomic E-state index is 3.46. The van der Waals surface area contributed by atoms with Crippen LogP contribution in [0.15, 0.2) is 0 Å². The summed E-state index contributed by atoms with van der Waals surface area (Å²) < 4.78 is 0. The van der Waals surface area contributed by atoms with Crippen molar-refractivity contribution < 1.29 is 0 Å². The van der Waals surface area contributed by atoms with Crippen LogP contribution in [0.25, 0.3) is 0 Å². The van der Waals surface area contributed by atoms with Gasteiger partial charge < -0.3 is 10.2 Å². The lowest BCUT2D eigenvalue weighted by Gasteiger charge is -2.23. The predicted octanol–water partition coefficient (Wildman–Crippen LogP) is 1.33. The Hall–Kier alpha value is -0.0800. The summed E-state index contributed by atoms with van der Waals surface area (Å²) >= 11 is 0. The highest BCUT2D eigenvalue weighted by Crippen LogP contribution is 2.15. The van der Waals surface area contributed by atoms with E-state index in [-0.39, 0.29) is 0 Å². The van der Waals surface area contributed by atoms with Crippen LogP contribution in [-0.4, -0.2) is 38.6 Å². The topological polar surface area (TPSA) is 15.3 Å². The molecule has 0 unspecified atom stereocenters. The Balaban J connectivity index is 1.98. The van der Waals surface area contributed by atoms with Crippen molar-refractivity contribution >= 4 is 0 Å². The largest absolute Gasteiger partial charge is 0.316 e. The Bertz CT molecular complexity index is 106. The van der Waals surface area contributed by atoms with Gasteiger partial charge in [0.05, 0.1) is 0 Å². The van der Waals surface area contributed by atoms with Gasteiger partial charge in [0, 0.05) is 0 Å². The number of hydrogen-bond donors (Lipinski definition) is 1. The summed E-state index contributed by atoms with van der Waals surface area (Å²) in [5.41, 5.74) is 0. The van der Waals surface area contributed by atoms with Crippen LogP contribution in [0, 0.1) is 5.92 Å². The van der Waals surface area contributed by atoms with Crippen molar-refractivity contribution in [2.75, 3.05) is 33.7 Å². The molecule has 1 fully saturated rings. The molecule has 0 amide bonds. The zero-order valence-corrected chi connectivity index (χ0v) is 8.47. The second-order valence-corrected chi connectivity index (χ2v) is 4.16. The number of piperidine rings is 1. The molecule has 1 N–H and O–H groups in total. The lowest BCUT2D eigenvalue weighted by molar-refractivity contribution is 0.320. The zero-order chi connectivity index (χ0) is 8.81. The minimum Gasteiger partial charge on any atom is -0.316 e. The van der Waals surface area contributed by atoms with Gasteiger partial charge in [0.15, 0.2) is 0 Å². The molecule has 2 heteroatoms. The normalized spacial score (nSPS) is 24.8. The molecule has 1 rings (SSSR count). The van der Waals surface area contributed by atoms with E-state index in [0.717, 1.165) is 5.92 Å². The van der Waals surface area contributed by atoms with E-state index in [9.17, 15) is 0 Å². The average Bonchev–Trinajstić information content (AvgIpc) is 2.05. The molecule has 72 valence electrons. The summed E-state index contributed by atoms with van der Waals surface area (Å²) in [5, 5.41) is 3.46. The van der Waals surface area contributed by atoms with Gasteiger partial charge in [0.1, 0.15) is 0 Å². The van der Waals surface area contributed by atoms with Crippen LogP contribution in [0.3, 0.4) is 0 Å². The number of nitrogens with zero attached hydrogens (tertiary/aromatic N) is 1. The van der Waals surface area contributed by atoms with Gasteiger partial charge in [-0.25, -0.2) is 0 Å². The molecule has 12 heavy (non-hydrogen) atoms. The van der Waals surface area contributed by atoms with Gasteiger partial charge in [-0.05, 0) is 65.3 Å². The van der Waals surface area contributed by atoms with Crippen LogP contribution >= 0.6 is 0 Å². The molecule has 0 bridgehead atoms. The lowest BCUT2D eigenvalue weighted by Crippen LogP contribution is -2.30. The first-order chi connectivity index (χ1) is 5.79. The monoisotopic (exact) mass is 170 g/mol. The SMILES string of the molecule is CN(C)CCC[C@H]1CCCNC1. The third-order valence-corrected chi connectivity index (χ3v) is 2.62. The van der Waals surface area contributed by atoms with Crippen molar-refractivity contribution in [3.63, 3.8) is 0 Å². The highest BCUT2D eigenvalue weighted by Gasteiger charge is 2.11. The smallest absolute Gasteiger partial charge is 0.00205 e. The standard InChI is InChI=1S/C10H22N2/c1-12(2)8-4-6-10-5-3-7-11-9-10/h10-11H,3-9H2,1-2H3/t10-/m1/s1. The summed E-state index contributed by atoms with van der Waals surface area (Å²) in [4.78, 5) is 2.27. The van der Waals surface area contributed by atoms with Crippen molar-refractivity contribution in [2.45, 2.75) is 25.7 Å². The predicted molar refractivity (Wildman–Crippen MR) is 53.4 cm³/mol. The Morgan fingerprint density at radius 1 is 1.42 bits per heavy atom. The van der Waals surface area contributed by atoms with Gasteiger partial charge in [-0.3, -0.25) is 0 Å². The van der Waals surface area contributed by atoms with Gasteiger partial charge in [0.2, 0.25) is 0 Å². The molecule has 0 aromatic heterocycles. The number of hydrogen-bond acceptors (Lipinski definition) is 2. The Morgan fingerprint density at radius 2 is 2.25 bits per heavy atom. The van der Waals surface area contributed by atoms with Gasteiger partial charge >= 0.3 is 0 Å². The van der Waals surface area contributed by atoms with E-state index in [0.29, 0.717) is 0 Å². The van der Waals surface area contributed by atoms with Crippen LogP contribution in [0.5, 0.6) is 0 Å². The molecule has 1 aliphatic heterocycles. The maximum Gasteiger partial charge on any atom is -0.00205 e. The molecule has 1 aliphatic rings. The molecule has 0 aliphatic carbocycles. The van der Waals surface area contributed by atoms with E-state index in [4.69, 9.17) is 0 Å². The van der Waals surface area contributed by atoms with Crippen LogP contribution in [-0.2, 0) is 0 Å². The van der Waals surface area contributed by atoms with Crippen molar-refractivity contribution in [2.24, 2.45) is 5.92 Å². The molecular weight excluding hydrogens is 148 g/mol. The molecule has 0 aromatic rings. The Labute approximate surface area is 76.3 Å². The van der Waals surface area contributed by atoms with E-state index < -0.39 is 0 Å². The van der Waals surface area contributed by atoms with Crippen molar-refractivity contribution in [1.29, 1.82) is 0 Å². The van der Waals surface area contributed by atoms with Crippen LogP contribution in [0.4, 0.5) is 0 Å². The lowest BCUT2D eigenvalue weighted by atomic mass is 9.95. The molecule has 0 aromatic carbocycles. The first kappa shape index (κ1) is 10.0. The van der Waals surface area contributed by atoms with E-state index in [1.807, 2.05) is 0 Å². The summed E-state index contributed by atoms with van der Waals surface area (Å²) in [6, 6.07) is 0. The van der Waals surface area contributed by atoms with E-state index >= 15 is 0 Å². The second-order valence-electron chi connectivity index (χ2n) is 4.16. The molecule has 2 nitrogen and oxygen atoms in total. The van der Waals surface area contributed by atoms with Gasteiger partial charge in [0.25, 0.3) is 0 Å². The second kappa shape index (κ2) is 5.55. The fraction of sp³-hybridized carbons (Fsp3) is 1.00. The van der Waals surface area contributed by atoms with Gasteiger partial charge in [-0.1, -0.05) is 0 Å². The Kier molecular flexibility index (Phi) is 4.62. The van der Waals surface area contributed by atoms with Crippen LogP contribution in [0.2, 0.25) is 0 Å². The Morgan fingerprint density at radius 3 is 2.83 bits per heavy atom. The zero-order valence-electron chi connectivity index (χ0n) is 8.47. The molecule has 1 atom stereocenters. The fourth-order valence-electron chi connectivity index (χ4n) is 1.87. The minimum absolute atomic E-state index is 0.957. The molecule has 0 saturated carbocycles. The fourth-order valence-corrected chi connectivity index (χ4v) is 1.87. The van der Waals surface area contributed by atoms with Crippen molar-refractivity contribution in [3.8, 4) is 0 Å². The third kappa shape index (κ3) is 4.07. The molecule has 0 radical (unpaired) electrons. The van der Waals surface area contributed by atoms with E-state index in [1.165, 1.54) is 45.3 Å². The van der Waals surface area contributed by atoms with E-state index in [1.54, 1.807) is 0 Å². The minimum atomic E-state index is 0.957. The van der Waals surface area contributed by atoms with E-state index in [2.05, 4.69) is 24.3 Å². The summed E-state index contributed by atoms with van der Waals surface area (Å²) in [6.07, 6.45) is 5.59. The third-order valence-electron chi connectivity index (χ3n) is 2.62. The average molecular weight is 170 g/mol. The molecule has 1 saturated heterocycles. The molecular formula is C10H22N2. The van der Waals surface area contributed by atoms with Crippen molar-refractivity contribution in [1.82, 2.24) is 10.2 Å². The highest BCUT2D eigenvalue weighted by atomic mass is 15.0. The number of rotatable bonds is 4. The molecule has 1 heterocycles. The quantitative estimate of drug-likeness (QED) is 0.684. The van der Waals surface area contributed by atoms with Crippen molar-refractivity contribution in [3.05, 3.63) is 0 Å². The summed E-state index contributed by atoms with van der Waals surface area (Å²) in [7, 11) is 4.30.